The molecule has 0 aliphatic heterocycles. The van der Waals surface area contributed by atoms with Crippen LogP contribution in [0.5, 0.6) is 5.75 Å². The molecule has 0 heterocycles. The lowest BCUT2D eigenvalue weighted by molar-refractivity contribution is 0.492. The van der Waals surface area contributed by atoms with Crippen LogP contribution >= 0.6 is 0 Å². The molecule has 0 saturated heterocycles. The first kappa shape index (κ1) is 9.06. The number of hydrogen-bond donors (Lipinski definition) is 0. The van der Waals surface area contributed by atoms with Gasteiger partial charge in [0, 0.05) is 0 Å². The van der Waals surface area contributed by atoms with Gasteiger partial charge >= 0.3 is 10.1 Å². The quantitative estimate of drug-likeness (QED) is 0.650. The van der Waals surface area contributed by atoms with Crippen LogP contribution < -0.4 is 4.18 Å². The summed E-state index contributed by atoms with van der Waals surface area (Å²) in [5.41, 5.74) is 0.558. The molecule has 3 nitrogen and oxygen atoms in total. The van der Waals surface area contributed by atoms with E-state index < -0.39 is 10.1 Å². The summed E-state index contributed by atoms with van der Waals surface area (Å²) >= 11 is 0. The molecule has 0 fully saturated rings. The zero-order valence-electron chi connectivity index (χ0n) is 6.65. The van der Waals surface area contributed by atoms with Gasteiger partial charge < -0.3 is 4.18 Å². The van der Waals surface area contributed by atoms with Crippen LogP contribution in [0.15, 0.2) is 24.3 Å². The van der Waals surface area contributed by atoms with Gasteiger partial charge in [0.25, 0.3) is 0 Å². The first-order valence-electron chi connectivity index (χ1n) is 3.29. The lowest BCUT2D eigenvalue weighted by Gasteiger charge is -2.04. The first-order chi connectivity index (χ1) is 5.49. The van der Waals surface area contributed by atoms with E-state index in [9.17, 15) is 8.42 Å². The average molecular weight is 185 g/mol. The van der Waals surface area contributed by atoms with Crippen LogP contribution in [-0.4, -0.2) is 14.7 Å². The Bertz CT molecular complexity index is 368. The monoisotopic (exact) mass is 185 g/mol. The standard InChI is InChI=1S/C8H9O3S/c1-7-5-3-4-6-8(7)11-12(2,9)10/h3-6H,1H2,2H3. The van der Waals surface area contributed by atoms with E-state index in [0.29, 0.717) is 5.56 Å². The summed E-state index contributed by atoms with van der Waals surface area (Å²) in [6.07, 6.45) is 0.999. The van der Waals surface area contributed by atoms with E-state index in [-0.39, 0.29) is 5.75 Å². The SMILES string of the molecule is [CH2]c1ccccc1OS(C)(=O)=O. The van der Waals surface area contributed by atoms with Crippen LogP contribution in [0.25, 0.3) is 0 Å². The molecule has 4 heteroatoms. The minimum atomic E-state index is -3.44. The minimum Gasteiger partial charge on any atom is -0.382 e. The van der Waals surface area contributed by atoms with E-state index in [0.717, 1.165) is 6.26 Å². The summed E-state index contributed by atoms with van der Waals surface area (Å²) in [6.45, 7) is 3.62. The van der Waals surface area contributed by atoms with E-state index in [4.69, 9.17) is 0 Å². The van der Waals surface area contributed by atoms with Crippen molar-refractivity contribution in [2.45, 2.75) is 0 Å². The van der Waals surface area contributed by atoms with Gasteiger partial charge in [-0.3, -0.25) is 0 Å². The van der Waals surface area contributed by atoms with Gasteiger partial charge in [0.15, 0.2) is 0 Å². The Morgan fingerprint density at radius 2 is 1.92 bits per heavy atom. The second kappa shape index (κ2) is 3.15. The molecule has 65 valence electrons. The smallest absolute Gasteiger partial charge is 0.306 e. The molecule has 1 radical (unpaired) electrons. The van der Waals surface area contributed by atoms with Gasteiger partial charge in [-0.25, -0.2) is 0 Å². The molecule has 0 bridgehead atoms. The maximum absolute atomic E-state index is 10.7. The molecule has 0 aromatic heterocycles. The third-order valence-electron chi connectivity index (χ3n) is 1.21. The van der Waals surface area contributed by atoms with Crippen molar-refractivity contribution in [1.82, 2.24) is 0 Å². The first-order valence-corrected chi connectivity index (χ1v) is 5.11. The highest BCUT2D eigenvalue weighted by Crippen LogP contribution is 2.17. The van der Waals surface area contributed by atoms with Gasteiger partial charge in [0.05, 0.1) is 6.26 Å². The minimum absolute atomic E-state index is 0.278. The Hall–Kier alpha value is -1.03. The van der Waals surface area contributed by atoms with E-state index in [2.05, 4.69) is 11.1 Å². The number of para-hydroxylation sites is 1. The van der Waals surface area contributed by atoms with Crippen LogP contribution in [0, 0.1) is 6.92 Å². The van der Waals surface area contributed by atoms with Gasteiger partial charge in [-0.05, 0) is 18.6 Å². The number of rotatable bonds is 2. The third kappa shape index (κ3) is 2.54. The van der Waals surface area contributed by atoms with Gasteiger partial charge in [-0.15, -0.1) is 0 Å². The fraction of sp³-hybridized carbons (Fsp3) is 0.125. The van der Waals surface area contributed by atoms with Crippen LogP contribution in [-0.2, 0) is 10.1 Å². The highest BCUT2D eigenvalue weighted by molar-refractivity contribution is 7.86. The molecule has 1 aromatic carbocycles. The molecule has 0 atom stereocenters. The third-order valence-corrected chi connectivity index (χ3v) is 1.70. The highest BCUT2D eigenvalue weighted by Gasteiger charge is 2.05. The molecule has 0 aliphatic carbocycles. The Balaban J connectivity index is 2.98. The van der Waals surface area contributed by atoms with Crippen molar-refractivity contribution in [3.05, 3.63) is 36.8 Å². The van der Waals surface area contributed by atoms with Gasteiger partial charge in [0.1, 0.15) is 5.75 Å². The molecular formula is C8H9O3S. The van der Waals surface area contributed by atoms with Crippen molar-refractivity contribution >= 4 is 10.1 Å². The second-order valence-electron chi connectivity index (χ2n) is 2.40. The van der Waals surface area contributed by atoms with Gasteiger partial charge in [0.2, 0.25) is 0 Å². The predicted molar refractivity (Wildman–Crippen MR) is 46.4 cm³/mol. The lowest BCUT2D eigenvalue weighted by atomic mass is 10.2. The summed E-state index contributed by atoms with van der Waals surface area (Å²) < 4.78 is 26.0. The van der Waals surface area contributed by atoms with Crippen LogP contribution in [0.3, 0.4) is 0 Å². The maximum Gasteiger partial charge on any atom is 0.306 e. The summed E-state index contributed by atoms with van der Waals surface area (Å²) in [4.78, 5) is 0. The van der Waals surface area contributed by atoms with Crippen molar-refractivity contribution in [2.24, 2.45) is 0 Å². The summed E-state index contributed by atoms with van der Waals surface area (Å²) in [5, 5.41) is 0. The largest absolute Gasteiger partial charge is 0.382 e. The van der Waals surface area contributed by atoms with Crippen molar-refractivity contribution in [2.75, 3.05) is 6.26 Å². The van der Waals surface area contributed by atoms with Gasteiger partial charge in [-0.2, -0.15) is 8.42 Å². The molecular weight excluding hydrogens is 176 g/mol. The van der Waals surface area contributed by atoms with Crippen LogP contribution in [0.2, 0.25) is 0 Å². The fourth-order valence-corrected chi connectivity index (χ4v) is 1.24. The molecule has 1 rings (SSSR count). The maximum atomic E-state index is 10.7. The molecule has 0 spiro atoms. The van der Waals surface area contributed by atoms with Crippen molar-refractivity contribution in [1.29, 1.82) is 0 Å². The Morgan fingerprint density at radius 1 is 1.33 bits per heavy atom. The zero-order valence-corrected chi connectivity index (χ0v) is 7.47. The Labute approximate surface area is 72.1 Å². The van der Waals surface area contributed by atoms with Crippen LogP contribution in [0.4, 0.5) is 0 Å². The predicted octanol–water partition coefficient (Wildman–Crippen LogP) is 1.21. The Morgan fingerprint density at radius 3 is 2.42 bits per heavy atom. The van der Waals surface area contributed by atoms with Crippen molar-refractivity contribution in [3.63, 3.8) is 0 Å². The molecule has 0 amide bonds. The van der Waals surface area contributed by atoms with E-state index in [1.165, 1.54) is 0 Å². The van der Waals surface area contributed by atoms with Crippen molar-refractivity contribution in [3.8, 4) is 5.75 Å². The fourth-order valence-electron chi connectivity index (χ4n) is 0.748. The van der Waals surface area contributed by atoms with E-state index >= 15 is 0 Å². The number of hydrogen-bond acceptors (Lipinski definition) is 3. The molecule has 0 unspecified atom stereocenters. The lowest BCUT2D eigenvalue weighted by Crippen LogP contribution is -2.06. The number of benzene rings is 1. The average Bonchev–Trinajstić information content (AvgIpc) is 1.91. The molecule has 0 aliphatic rings. The molecule has 12 heavy (non-hydrogen) atoms. The second-order valence-corrected chi connectivity index (χ2v) is 3.97. The summed E-state index contributed by atoms with van der Waals surface area (Å²) in [6, 6.07) is 6.69. The molecule has 1 aromatic rings. The highest BCUT2D eigenvalue weighted by atomic mass is 32.2. The van der Waals surface area contributed by atoms with Gasteiger partial charge in [-0.1, -0.05) is 18.2 Å². The Kier molecular flexibility index (Phi) is 2.38. The van der Waals surface area contributed by atoms with E-state index in [1.54, 1.807) is 24.3 Å². The zero-order chi connectivity index (χ0) is 9.19. The normalized spacial score (nSPS) is 11.2. The summed E-state index contributed by atoms with van der Waals surface area (Å²) in [7, 11) is -3.44. The topological polar surface area (TPSA) is 43.4 Å². The van der Waals surface area contributed by atoms with Crippen LogP contribution in [0.1, 0.15) is 5.56 Å². The van der Waals surface area contributed by atoms with E-state index in [1.807, 2.05) is 0 Å². The van der Waals surface area contributed by atoms with Crippen molar-refractivity contribution < 1.29 is 12.6 Å². The summed E-state index contributed by atoms with van der Waals surface area (Å²) in [5.74, 6) is 0.278. The molecule has 0 N–H and O–H groups in total. The molecule has 0 saturated carbocycles.